The Balaban J connectivity index is 0.00000261. The van der Waals surface area contributed by atoms with Crippen LogP contribution in [-0.2, 0) is 19.8 Å². The minimum Gasteiger partial charge on any atom is -0.327 e. The highest BCUT2D eigenvalue weighted by atomic mass is 35.5. The molecular formula is C16H17ClF4N6. The van der Waals surface area contributed by atoms with Crippen molar-refractivity contribution in [2.45, 2.75) is 19.6 Å². The summed E-state index contributed by atoms with van der Waals surface area (Å²) in [6.45, 7) is 1.36. The van der Waals surface area contributed by atoms with E-state index in [2.05, 4.69) is 15.4 Å². The van der Waals surface area contributed by atoms with Gasteiger partial charge in [0.25, 0.3) is 0 Å². The number of alkyl halides is 3. The molecule has 0 saturated carbocycles. The van der Waals surface area contributed by atoms with Gasteiger partial charge in [-0.2, -0.15) is 18.3 Å². The zero-order valence-corrected chi connectivity index (χ0v) is 15.3. The van der Waals surface area contributed by atoms with Crippen LogP contribution in [0.2, 0.25) is 0 Å². The van der Waals surface area contributed by atoms with E-state index in [0.717, 1.165) is 22.9 Å². The van der Waals surface area contributed by atoms with Crippen LogP contribution >= 0.6 is 12.4 Å². The van der Waals surface area contributed by atoms with Crippen molar-refractivity contribution < 1.29 is 17.6 Å². The SMILES string of the molecule is Cc1cc(-c2cc(C(F)(F)F)cc3c2nnn3C/C(F)=C/CN)n(C)n1.Cl. The second-order valence-electron chi connectivity index (χ2n) is 5.82. The molecule has 0 saturated heterocycles. The molecule has 3 rings (SSSR count). The minimum absolute atomic E-state index is 0. The molecule has 0 amide bonds. The average Bonchev–Trinajstić information content (AvgIpc) is 3.09. The van der Waals surface area contributed by atoms with Crippen LogP contribution < -0.4 is 5.73 Å². The lowest BCUT2D eigenvalue weighted by molar-refractivity contribution is -0.137. The number of rotatable bonds is 4. The minimum atomic E-state index is -4.57. The van der Waals surface area contributed by atoms with Gasteiger partial charge in [-0.25, -0.2) is 9.07 Å². The Morgan fingerprint density at radius 3 is 2.52 bits per heavy atom. The van der Waals surface area contributed by atoms with Crippen molar-refractivity contribution in [1.29, 1.82) is 0 Å². The monoisotopic (exact) mass is 404 g/mol. The van der Waals surface area contributed by atoms with Gasteiger partial charge in [0.1, 0.15) is 11.3 Å². The number of nitrogens with two attached hydrogens (primary N) is 1. The Kier molecular flexibility index (Phi) is 5.91. The maximum absolute atomic E-state index is 13.8. The summed E-state index contributed by atoms with van der Waals surface area (Å²) in [4.78, 5) is 0. The topological polar surface area (TPSA) is 74.6 Å². The van der Waals surface area contributed by atoms with Crippen LogP contribution in [0.25, 0.3) is 22.3 Å². The molecule has 11 heteroatoms. The number of fused-ring (bicyclic) bond motifs is 1. The lowest BCUT2D eigenvalue weighted by Gasteiger charge is -2.11. The first-order chi connectivity index (χ1) is 12.2. The summed E-state index contributed by atoms with van der Waals surface area (Å²) < 4.78 is 56.4. The predicted octanol–water partition coefficient (Wildman–Crippen LogP) is 3.39. The summed E-state index contributed by atoms with van der Waals surface area (Å²) in [6.07, 6.45) is -3.44. The molecule has 1 aromatic carbocycles. The van der Waals surface area contributed by atoms with E-state index in [0.29, 0.717) is 11.4 Å². The van der Waals surface area contributed by atoms with Gasteiger partial charge in [0.2, 0.25) is 0 Å². The van der Waals surface area contributed by atoms with Gasteiger partial charge in [-0.05, 0) is 31.2 Å². The molecule has 2 aromatic heterocycles. The van der Waals surface area contributed by atoms with E-state index in [-0.39, 0.29) is 42.1 Å². The third-order valence-corrected chi connectivity index (χ3v) is 3.87. The number of benzene rings is 1. The highest BCUT2D eigenvalue weighted by Gasteiger charge is 2.33. The van der Waals surface area contributed by atoms with Gasteiger partial charge < -0.3 is 5.73 Å². The number of aromatic nitrogens is 5. The summed E-state index contributed by atoms with van der Waals surface area (Å²) in [6, 6.07) is 3.57. The number of hydrogen-bond acceptors (Lipinski definition) is 4. The standard InChI is InChI=1S/C16H16F4N6.ClH/c1-9-5-13(25(2)23-9)12-6-10(16(18,19)20)7-14-15(12)22-24-26(14)8-11(17)3-4-21;/h3,5-7H,4,8,21H2,1-2H3;1H/b11-3-;. The predicted molar refractivity (Wildman–Crippen MR) is 95.0 cm³/mol. The number of hydrogen-bond donors (Lipinski definition) is 1. The number of allylic oxidation sites excluding steroid dienone is 1. The van der Waals surface area contributed by atoms with Crippen LogP contribution in [0.4, 0.5) is 17.6 Å². The Hall–Kier alpha value is -2.46. The van der Waals surface area contributed by atoms with Crippen molar-refractivity contribution in [3.8, 4) is 11.3 Å². The highest BCUT2D eigenvalue weighted by molar-refractivity contribution is 5.91. The maximum Gasteiger partial charge on any atom is 0.416 e. The van der Waals surface area contributed by atoms with Crippen molar-refractivity contribution >= 4 is 23.4 Å². The number of aryl methyl sites for hydroxylation is 2. The van der Waals surface area contributed by atoms with Crippen molar-refractivity contribution in [2.75, 3.05) is 6.54 Å². The number of nitrogens with zero attached hydrogens (tertiary/aromatic N) is 5. The van der Waals surface area contributed by atoms with Crippen LogP contribution in [-0.4, -0.2) is 31.3 Å². The fourth-order valence-electron chi connectivity index (χ4n) is 2.74. The molecule has 2 heterocycles. The second-order valence-corrected chi connectivity index (χ2v) is 5.82. The second kappa shape index (κ2) is 7.65. The Bertz CT molecular complexity index is 989. The van der Waals surface area contributed by atoms with Gasteiger partial charge in [0.15, 0.2) is 0 Å². The van der Waals surface area contributed by atoms with Crippen LogP contribution in [0.1, 0.15) is 11.3 Å². The molecule has 146 valence electrons. The first kappa shape index (κ1) is 20.8. The summed E-state index contributed by atoms with van der Waals surface area (Å²) in [5, 5.41) is 11.9. The van der Waals surface area contributed by atoms with Gasteiger partial charge >= 0.3 is 6.18 Å². The molecule has 0 spiro atoms. The molecule has 27 heavy (non-hydrogen) atoms. The molecule has 6 nitrogen and oxygen atoms in total. The zero-order chi connectivity index (χ0) is 19.1. The van der Waals surface area contributed by atoms with Crippen LogP contribution in [0.5, 0.6) is 0 Å². The largest absolute Gasteiger partial charge is 0.416 e. The van der Waals surface area contributed by atoms with Crippen molar-refractivity contribution in [3.63, 3.8) is 0 Å². The highest BCUT2D eigenvalue weighted by Crippen LogP contribution is 2.36. The van der Waals surface area contributed by atoms with Gasteiger partial charge in [0, 0.05) is 19.2 Å². The van der Waals surface area contributed by atoms with Crippen LogP contribution in [0.15, 0.2) is 30.1 Å². The molecule has 2 N–H and O–H groups in total. The van der Waals surface area contributed by atoms with E-state index >= 15 is 0 Å². The molecule has 0 unspecified atom stereocenters. The summed E-state index contributed by atoms with van der Waals surface area (Å²) >= 11 is 0. The van der Waals surface area contributed by atoms with Crippen LogP contribution in [0.3, 0.4) is 0 Å². The summed E-state index contributed by atoms with van der Waals surface area (Å²) in [7, 11) is 1.63. The Morgan fingerprint density at radius 2 is 1.96 bits per heavy atom. The molecule has 0 atom stereocenters. The van der Waals surface area contributed by atoms with E-state index < -0.39 is 17.6 Å². The first-order valence-electron chi connectivity index (χ1n) is 7.70. The third-order valence-electron chi connectivity index (χ3n) is 3.87. The van der Waals surface area contributed by atoms with Crippen molar-refractivity contribution in [1.82, 2.24) is 24.8 Å². The molecule has 0 radical (unpaired) electrons. The van der Waals surface area contributed by atoms with E-state index in [1.165, 1.54) is 4.68 Å². The summed E-state index contributed by atoms with van der Waals surface area (Å²) in [5.41, 5.74) is 6.04. The fourth-order valence-corrected chi connectivity index (χ4v) is 2.74. The molecule has 0 aliphatic carbocycles. The molecular weight excluding hydrogens is 388 g/mol. The van der Waals surface area contributed by atoms with Crippen molar-refractivity contribution in [3.05, 3.63) is 41.4 Å². The smallest absolute Gasteiger partial charge is 0.327 e. The molecule has 0 aliphatic heterocycles. The molecule has 0 aliphatic rings. The van der Waals surface area contributed by atoms with Crippen LogP contribution in [0, 0.1) is 6.92 Å². The maximum atomic E-state index is 13.8. The fraction of sp³-hybridized carbons (Fsp3) is 0.312. The van der Waals surface area contributed by atoms with Gasteiger partial charge in [-0.1, -0.05) is 5.21 Å². The third kappa shape index (κ3) is 4.11. The van der Waals surface area contributed by atoms with E-state index in [4.69, 9.17) is 5.73 Å². The van der Waals surface area contributed by atoms with Gasteiger partial charge in [0.05, 0.1) is 29.0 Å². The van der Waals surface area contributed by atoms with Gasteiger partial charge in [-0.15, -0.1) is 17.5 Å². The zero-order valence-electron chi connectivity index (χ0n) is 14.5. The average molecular weight is 405 g/mol. The lowest BCUT2D eigenvalue weighted by atomic mass is 10.0. The molecule has 0 bridgehead atoms. The Morgan fingerprint density at radius 1 is 1.26 bits per heavy atom. The molecule has 3 aromatic rings. The van der Waals surface area contributed by atoms with E-state index in [9.17, 15) is 17.6 Å². The number of halogens is 5. The van der Waals surface area contributed by atoms with E-state index in [1.807, 2.05) is 0 Å². The van der Waals surface area contributed by atoms with Crippen molar-refractivity contribution in [2.24, 2.45) is 12.8 Å². The van der Waals surface area contributed by atoms with Gasteiger partial charge in [-0.3, -0.25) is 4.68 Å². The Labute approximate surface area is 158 Å². The summed E-state index contributed by atoms with van der Waals surface area (Å²) in [5.74, 6) is -0.602. The lowest BCUT2D eigenvalue weighted by Crippen LogP contribution is -2.08. The first-order valence-corrected chi connectivity index (χ1v) is 7.70. The normalized spacial score (nSPS) is 12.5. The van der Waals surface area contributed by atoms with E-state index in [1.54, 1.807) is 20.0 Å². The molecule has 0 fully saturated rings. The quantitative estimate of drug-likeness (QED) is 0.676.